The molecule has 1 N–H and O–H groups in total. The average molecular weight is 376 g/mol. The number of carbonyl (C=O) groups excluding carboxylic acids is 1. The van der Waals surface area contributed by atoms with E-state index in [4.69, 9.17) is 0 Å². The zero-order chi connectivity index (χ0) is 19.5. The van der Waals surface area contributed by atoms with Gasteiger partial charge in [-0.15, -0.1) is 0 Å². The van der Waals surface area contributed by atoms with Crippen molar-refractivity contribution in [3.63, 3.8) is 0 Å². The van der Waals surface area contributed by atoms with Crippen molar-refractivity contribution < 1.29 is 9.90 Å². The number of hydrogen-bond donors (Lipinski definition) is 1. The van der Waals surface area contributed by atoms with Gasteiger partial charge in [-0.3, -0.25) is 4.79 Å². The predicted octanol–water partition coefficient (Wildman–Crippen LogP) is 4.27. The molecule has 0 amide bonds. The van der Waals surface area contributed by atoms with Crippen LogP contribution in [0.1, 0.15) is 47.1 Å². The lowest BCUT2D eigenvalue weighted by Crippen LogP contribution is -2.30. The number of allylic oxidation sites excluding steroid dienone is 1. The molecule has 3 heteroatoms. The van der Waals surface area contributed by atoms with E-state index in [9.17, 15) is 9.90 Å². The first-order valence-corrected chi connectivity index (χ1v) is 10.4. The van der Waals surface area contributed by atoms with Crippen molar-refractivity contribution in [2.24, 2.45) is 0 Å². The third-order valence-corrected chi connectivity index (χ3v) is 5.96. The fourth-order valence-electron chi connectivity index (χ4n) is 4.50. The molecule has 2 aromatic rings. The van der Waals surface area contributed by atoms with Crippen molar-refractivity contribution >= 4 is 17.5 Å². The van der Waals surface area contributed by atoms with Gasteiger partial charge in [-0.2, -0.15) is 0 Å². The van der Waals surface area contributed by atoms with E-state index in [1.54, 1.807) is 6.08 Å². The van der Waals surface area contributed by atoms with Crippen molar-refractivity contribution in [2.45, 2.75) is 51.6 Å². The highest BCUT2D eigenvalue weighted by Gasteiger charge is 2.22. The molecule has 1 fully saturated rings. The Hall–Kier alpha value is -2.39. The van der Waals surface area contributed by atoms with E-state index in [0.29, 0.717) is 19.3 Å². The van der Waals surface area contributed by atoms with Crippen LogP contribution in [0.2, 0.25) is 0 Å². The standard InChI is InChI=1S/C25H29NO2/c1-18-8-9-19(25(14-18)26-12-3-2-4-13-26)10-11-22(27)15-20-6-5-7-21-16-23(28)17-24(20)21/h5-11,14,23,28H,2-4,12-13,15-17H2,1H3/b11-10+/t23-/m0/s1. The molecule has 3 nitrogen and oxygen atoms in total. The molecule has 28 heavy (non-hydrogen) atoms. The van der Waals surface area contributed by atoms with E-state index in [1.165, 1.54) is 41.6 Å². The third-order valence-electron chi connectivity index (χ3n) is 5.96. The molecular weight excluding hydrogens is 346 g/mol. The molecule has 2 aliphatic rings. The molecule has 1 aliphatic carbocycles. The summed E-state index contributed by atoms with van der Waals surface area (Å²) in [6, 6.07) is 12.6. The van der Waals surface area contributed by atoms with Gasteiger partial charge < -0.3 is 10.0 Å². The van der Waals surface area contributed by atoms with E-state index in [0.717, 1.165) is 24.2 Å². The highest BCUT2D eigenvalue weighted by molar-refractivity contribution is 5.96. The number of carbonyl (C=O) groups is 1. The second-order valence-corrected chi connectivity index (χ2v) is 8.20. The van der Waals surface area contributed by atoms with Gasteiger partial charge in [0.25, 0.3) is 0 Å². The molecule has 2 aromatic carbocycles. The number of aliphatic hydroxyl groups is 1. The Morgan fingerprint density at radius 3 is 2.79 bits per heavy atom. The van der Waals surface area contributed by atoms with Gasteiger partial charge in [-0.05, 0) is 85.1 Å². The van der Waals surface area contributed by atoms with Crippen molar-refractivity contribution in [3.8, 4) is 0 Å². The maximum absolute atomic E-state index is 12.7. The number of piperidine rings is 1. The molecule has 146 valence electrons. The number of hydrogen-bond acceptors (Lipinski definition) is 3. The zero-order valence-corrected chi connectivity index (χ0v) is 16.7. The molecule has 1 heterocycles. The van der Waals surface area contributed by atoms with Crippen molar-refractivity contribution in [1.82, 2.24) is 0 Å². The Kier molecular flexibility index (Phi) is 5.63. The van der Waals surface area contributed by atoms with E-state index in [2.05, 4.69) is 36.1 Å². The normalized spacial score (nSPS) is 19.2. The van der Waals surface area contributed by atoms with Crippen LogP contribution in [-0.2, 0) is 24.1 Å². The summed E-state index contributed by atoms with van der Waals surface area (Å²) in [5, 5.41) is 9.93. The molecule has 0 saturated carbocycles. The summed E-state index contributed by atoms with van der Waals surface area (Å²) < 4.78 is 0. The molecule has 0 bridgehead atoms. The molecule has 0 radical (unpaired) electrons. The van der Waals surface area contributed by atoms with Crippen LogP contribution in [0.3, 0.4) is 0 Å². The predicted molar refractivity (Wildman–Crippen MR) is 115 cm³/mol. The first-order valence-electron chi connectivity index (χ1n) is 10.4. The molecule has 1 aliphatic heterocycles. The number of anilines is 1. The monoisotopic (exact) mass is 375 g/mol. The second-order valence-electron chi connectivity index (χ2n) is 8.20. The van der Waals surface area contributed by atoms with Crippen LogP contribution in [0.5, 0.6) is 0 Å². The van der Waals surface area contributed by atoms with Crippen LogP contribution in [0.25, 0.3) is 6.08 Å². The van der Waals surface area contributed by atoms with Crippen molar-refractivity contribution in [3.05, 3.63) is 70.3 Å². The summed E-state index contributed by atoms with van der Waals surface area (Å²) in [5.74, 6) is 0.111. The fraction of sp³-hybridized carbons (Fsp3) is 0.400. The van der Waals surface area contributed by atoms with Gasteiger partial charge >= 0.3 is 0 Å². The number of ketones is 1. The lowest BCUT2D eigenvalue weighted by Gasteiger charge is -2.30. The van der Waals surface area contributed by atoms with Gasteiger partial charge in [0.15, 0.2) is 5.78 Å². The Morgan fingerprint density at radius 2 is 1.96 bits per heavy atom. The second kappa shape index (κ2) is 8.32. The summed E-state index contributed by atoms with van der Waals surface area (Å²) in [4.78, 5) is 15.1. The molecule has 0 spiro atoms. The molecule has 1 atom stereocenters. The zero-order valence-electron chi connectivity index (χ0n) is 16.7. The van der Waals surface area contributed by atoms with Crippen LogP contribution in [-0.4, -0.2) is 30.1 Å². The summed E-state index contributed by atoms with van der Waals surface area (Å²) in [5.41, 5.74) is 7.03. The Morgan fingerprint density at radius 1 is 1.14 bits per heavy atom. The van der Waals surface area contributed by atoms with E-state index in [1.807, 2.05) is 18.2 Å². The highest BCUT2D eigenvalue weighted by Crippen LogP contribution is 2.28. The smallest absolute Gasteiger partial charge is 0.160 e. The maximum atomic E-state index is 12.7. The van der Waals surface area contributed by atoms with E-state index < -0.39 is 0 Å². The van der Waals surface area contributed by atoms with Crippen LogP contribution in [0.15, 0.2) is 42.5 Å². The van der Waals surface area contributed by atoms with Crippen molar-refractivity contribution in [1.29, 1.82) is 0 Å². The van der Waals surface area contributed by atoms with Crippen LogP contribution < -0.4 is 4.90 Å². The highest BCUT2D eigenvalue weighted by atomic mass is 16.3. The Bertz CT molecular complexity index is 893. The van der Waals surface area contributed by atoms with Crippen LogP contribution in [0, 0.1) is 6.92 Å². The van der Waals surface area contributed by atoms with Crippen LogP contribution in [0.4, 0.5) is 5.69 Å². The number of nitrogens with zero attached hydrogens (tertiary/aromatic N) is 1. The van der Waals surface area contributed by atoms with Gasteiger partial charge in [-0.1, -0.05) is 30.3 Å². The average Bonchev–Trinajstić information content (AvgIpc) is 3.09. The van der Waals surface area contributed by atoms with Crippen molar-refractivity contribution in [2.75, 3.05) is 18.0 Å². The van der Waals surface area contributed by atoms with Gasteiger partial charge in [0.05, 0.1) is 6.10 Å². The minimum absolute atomic E-state index is 0.111. The number of fused-ring (bicyclic) bond motifs is 1. The lowest BCUT2D eigenvalue weighted by atomic mass is 9.98. The summed E-state index contributed by atoms with van der Waals surface area (Å²) in [6.07, 6.45) is 8.95. The minimum atomic E-state index is -0.304. The van der Waals surface area contributed by atoms with Gasteiger partial charge in [0.2, 0.25) is 0 Å². The fourth-order valence-corrected chi connectivity index (χ4v) is 4.50. The van der Waals surface area contributed by atoms with Crippen LogP contribution >= 0.6 is 0 Å². The van der Waals surface area contributed by atoms with Gasteiger partial charge in [0, 0.05) is 25.2 Å². The first-order chi connectivity index (χ1) is 13.6. The van der Waals surface area contributed by atoms with E-state index >= 15 is 0 Å². The number of benzene rings is 2. The van der Waals surface area contributed by atoms with E-state index in [-0.39, 0.29) is 11.9 Å². The summed E-state index contributed by atoms with van der Waals surface area (Å²) in [7, 11) is 0. The van der Waals surface area contributed by atoms with Gasteiger partial charge in [0.1, 0.15) is 0 Å². The quantitative estimate of drug-likeness (QED) is 0.794. The maximum Gasteiger partial charge on any atom is 0.160 e. The molecule has 0 aromatic heterocycles. The first kappa shape index (κ1) is 18.9. The molecular formula is C25H29NO2. The molecule has 0 unspecified atom stereocenters. The number of aliphatic hydroxyl groups excluding tert-OH is 1. The summed E-state index contributed by atoms with van der Waals surface area (Å²) >= 11 is 0. The Balaban J connectivity index is 1.51. The molecule has 4 rings (SSSR count). The third kappa shape index (κ3) is 4.20. The minimum Gasteiger partial charge on any atom is -0.392 e. The van der Waals surface area contributed by atoms with Gasteiger partial charge in [-0.25, -0.2) is 0 Å². The topological polar surface area (TPSA) is 40.5 Å². The number of rotatable bonds is 5. The number of aryl methyl sites for hydroxylation is 1. The largest absolute Gasteiger partial charge is 0.392 e. The lowest BCUT2D eigenvalue weighted by molar-refractivity contribution is -0.113. The summed E-state index contributed by atoms with van der Waals surface area (Å²) in [6.45, 7) is 4.31. The SMILES string of the molecule is Cc1ccc(/C=C/C(=O)Cc2cccc3c2C[C@@H](O)C3)c(N2CCCCC2)c1. The molecule has 1 saturated heterocycles. The Labute approximate surface area is 167 Å².